The number of rotatable bonds is 7. The summed E-state index contributed by atoms with van der Waals surface area (Å²) < 4.78 is 5.58. The summed E-state index contributed by atoms with van der Waals surface area (Å²) in [5.74, 6) is 0.571. The van der Waals surface area contributed by atoms with Crippen LogP contribution in [-0.4, -0.2) is 6.61 Å². The molecule has 0 heterocycles. The predicted molar refractivity (Wildman–Crippen MR) is 95.4 cm³/mol. The molecule has 4 heteroatoms. The molecular formula is C18H21Cl2NO. The molecule has 0 aromatic heterocycles. The van der Waals surface area contributed by atoms with Crippen LogP contribution in [0, 0.1) is 0 Å². The van der Waals surface area contributed by atoms with Gasteiger partial charge in [-0.25, -0.2) is 0 Å². The molecule has 0 atom stereocenters. The number of hydrogen-bond acceptors (Lipinski definition) is 2. The molecule has 0 fully saturated rings. The first-order chi connectivity index (χ1) is 10.6. The van der Waals surface area contributed by atoms with E-state index in [4.69, 9.17) is 27.9 Å². The molecule has 2 rings (SSSR count). The summed E-state index contributed by atoms with van der Waals surface area (Å²) in [6.45, 7) is 5.47. The highest BCUT2D eigenvalue weighted by atomic mass is 35.5. The van der Waals surface area contributed by atoms with Crippen molar-refractivity contribution < 1.29 is 4.74 Å². The van der Waals surface area contributed by atoms with Crippen molar-refractivity contribution in [3.63, 3.8) is 0 Å². The summed E-state index contributed by atoms with van der Waals surface area (Å²) in [6, 6.07) is 12.2. The van der Waals surface area contributed by atoms with Crippen molar-refractivity contribution >= 4 is 28.9 Å². The minimum absolute atomic E-state index is 0.555. The smallest absolute Gasteiger partial charge is 0.156 e. The third kappa shape index (κ3) is 4.56. The highest BCUT2D eigenvalue weighted by molar-refractivity contribution is 6.37. The first-order valence-electron chi connectivity index (χ1n) is 7.57. The Balaban J connectivity index is 2.03. The molecular weight excluding hydrogens is 317 g/mol. The van der Waals surface area contributed by atoms with Gasteiger partial charge in [-0.15, -0.1) is 0 Å². The van der Waals surface area contributed by atoms with Crippen molar-refractivity contribution in [2.75, 3.05) is 11.9 Å². The van der Waals surface area contributed by atoms with Gasteiger partial charge in [-0.05, 0) is 48.2 Å². The van der Waals surface area contributed by atoms with Crippen LogP contribution < -0.4 is 10.1 Å². The molecule has 0 radical (unpaired) electrons. The van der Waals surface area contributed by atoms with Gasteiger partial charge in [0, 0.05) is 12.2 Å². The van der Waals surface area contributed by atoms with Gasteiger partial charge in [0.25, 0.3) is 0 Å². The van der Waals surface area contributed by atoms with Crippen molar-refractivity contribution in [1.29, 1.82) is 0 Å². The Labute approximate surface area is 142 Å². The topological polar surface area (TPSA) is 21.3 Å². The molecule has 0 amide bonds. The minimum atomic E-state index is 0.555. The van der Waals surface area contributed by atoms with Crippen molar-refractivity contribution in [3.8, 4) is 5.75 Å². The maximum Gasteiger partial charge on any atom is 0.156 e. The molecule has 2 aromatic rings. The zero-order chi connectivity index (χ0) is 15.9. The summed E-state index contributed by atoms with van der Waals surface area (Å²) in [4.78, 5) is 0. The summed E-state index contributed by atoms with van der Waals surface area (Å²) >= 11 is 12.5. The van der Waals surface area contributed by atoms with Gasteiger partial charge in [0.05, 0.1) is 16.7 Å². The maximum absolute atomic E-state index is 6.25. The van der Waals surface area contributed by atoms with E-state index in [2.05, 4.69) is 36.5 Å². The average molecular weight is 338 g/mol. The van der Waals surface area contributed by atoms with Gasteiger partial charge in [-0.3, -0.25) is 0 Å². The van der Waals surface area contributed by atoms with Crippen LogP contribution in [-0.2, 0) is 13.0 Å². The van der Waals surface area contributed by atoms with E-state index in [0.29, 0.717) is 28.9 Å². The number of nitrogens with one attached hydrogen (secondary N) is 1. The highest BCUT2D eigenvalue weighted by Gasteiger charge is 2.09. The van der Waals surface area contributed by atoms with Gasteiger partial charge in [-0.1, -0.05) is 49.2 Å². The molecule has 2 nitrogen and oxygen atoms in total. The molecule has 118 valence electrons. The van der Waals surface area contributed by atoms with E-state index >= 15 is 0 Å². The lowest BCUT2D eigenvalue weighted by Gasteiger charge is -2.12. The second-order valence-corrected chi connectivity index (χ2v) is 5.96. The van der Waals surface area contributed by atoms with E-state index < -0.39 is 0 Å². The van der Waals surface area contributed by atoms with Crippen LogP contribution in [0.15, 0.2) is 36.4 Å². The van der Waals surface area contributed by atoms with Crippen LogP contribution in [0.5, 0.6) is 5.75 Å². The molecule has 0 aliphatic carbocycles. The quantitative estimate of drug-likeness (QED) is 0.673. The summed E-state index contributed by atoms with van der Waals surface area (Å²) in [7, 11) is 0. The lowest BCUT2D eigenvalue weighted by molar-refractivity contribution is 0.318. The molecule has 0 unspecified atom stereocenters. The maximum atomic E-state index is 6.25. The molecule has 0 aliphatic heterocycles. The number of hydrogen-bond donors (Lipinski definition) is 1. The molecule has 0 saturated heterocycles. The van der Waals surface area contributed by atoms with Crippen LogP contribution >= 0.6 is 23.2 Å². The Morgan fingerprint density at radius 3 is 2.14 bits per heavy atom. The zero-order valence-corrected chi connectivity index (χ0v) is 14.5. The predicted octanol–water partition coefficient (Wildman–Crippen LogP) is 5.96. The second-order valence-electron chi connectivity index (χ2n) is 5.14. The largest absolute Gasteiger partial charge is 0.490 e. The van der Waals surface area contributed by atoms with Gasteiger partial charge < -0.3 is 10.1 Å². The molecule has 0 saturated carbocycles. The normalized spacial score (nSPS) is 10.5. The molecule has 0 bridgehead atoms. The van der Waals surface area contributed by atoms with Crippen LogP contribution in [0.25, 0.3) is 0 Å². The Bertz CT molecular complexity index is 588. The third-order valence-electron chi connectivity index (χ3n) is 3.37. The van der Waals surface area contributed by atoms with Gasteiger partial charge in [0.1, 0.15) is 0 Å². The number of aryl methyl sites for hydroxylation is 1. The van der Waals surface area contributed by atoms with Crippen molar-refractivity contribution in [2.24, 2.45) is 0 Å². The molecule has 22 heavy (non-hydrogen) atoms. The van der Waals surface area contributed by atoms with E-state index in [1.54, 1.807) is 0 Å². The first-order valence-corrected chi connectivity index (χ1v) is 8.33. The SMILES string of the molecule is CCCOc1c(Cl)cc(CNc2ccc(CC)cc2)cc1Cl. The van der Waals surface area contributed by atoms with Gasteiger partial charge >= 0.3 is 0 Å². The van der Waals surface area contributed by atoms with Gasteiger partial charge in [0.15, 0.2) is 5.75 Å². The van der Waals surface area contributed by atoms with E-state index in [-0.39, 0.29) is 0 Å². The summed E-state index contributed by atoms with van der Waals surface area (Å²) in [6.07, 6.45) is 1.97. The fourth-order valence-corrected chi connectivity index (χ4v) is 2.76. The standard InChI is InChI=1S/C18H21Cl2NO/c1-3-9-22-18-16(19)10-14(11-17(18)20)12-21-15-7-5-13(4-2)6-8-15/h5-8,10-11,21H,3-4,9,12H2,1-2H3. The average Bonchev–Trinajstić information content (AvgIpc) is 2.52. The Morgan fingerprint density at radius 1 is 0.955 bits per heavy atom. The van der Waals surface area contributed by atoms with Crippen LogP contribution in [0.2, 0.25) is 10.0 Å². The van der Waals surface area contributed by atoms with Crippen molar-refractivity contribution in [3.05, 3.63) is 57.6 Å². The Kier molecular flexibility index (Phi) is 6.41. The fourth-order valence-electron chi connectivity index (χ4n) is 2.12. The second kappa shape index (κ2) is 8.30. The van der Waals surface area contributed by atoms with E-state index in [0.717, 1.165) is 24.1 Å². The van der Waals surface area contributed by atoms with E-state index in [1.807, 2.05) is 19.1 Å². The van der Waals surface area contributed by atoms with E-state index in [1.165, 1.54) is 5.56 Å². The van der Waals surface area contributed by atoms with Crippen LogP contribution in [0.4, 0.5) is 5.69 Å². The Morgan fingerprint density at radius 2 is 1.59 bits per heavy atom. The number of benzene rings is 2. The highest BCUT2D eigenvalue weighted by Crippen LogP contribution is 2.34. The van der Waals surface area contributed by atoms with Gasteiger partial charge in [0.2, 0.25) is 0 Å². The van der Waals surface area contributed by atoms with Crippen LogP contribution in [0.1, 0.15) is 31.4 Å². The zero-order valence-electron chi connectivity index (χ0n) is 13.0. The molecule has 1 N–H and O–H groups in total. The number of ether oxygens (including phenoxy) is 1. The molecule has 0 spiro atoms. The number of anilines is 1. The first kappa shape index (κ1) is 17.0. The van der Waals surface area contributed by atoms with Crippen LogP contribution in [0.3, 0.4) is 0 Å². The molecule has 2 aromatic carbocycles. The Hall–Kier alpha value is -1.38. The van der Waals surface area contributed by atoms with Crippen molar-refractivity contribution in [2.45, 2.75) is 33.2 Å². The summed E-state index contributed by atoms with van der Waals surface area (Å²) in [5.41, 5.74) is 3.43. The fraction of sp³-hybridized carbons (Fsp3) is 0.333. The summed E-state index contributed by atoms with van der Waals surface area (Å²) in [5, 5.41) is 4.48. The number of halogens is 2. The lowest BCUT2D eigenvalue weighted by atomic mass is 10.1. The third-order valence-corrected chi connectivity index (χ3v) is 3.93. The monoisotopic (exact) mass is 337 g/mol. The van der Waals surface area contributed by atoms with Gasteiger partial charge in [-0.2, -0.15) is 0 Å². The minimum Gasteiger partial charge on any atom is -0.490 e. The molecule has 0 aliphatic rings. The van der Waals surface area contributed by atoms with Crippen molar-refractivity contribution in [1.82, 2.24) is 0 Å². The lowest BCUT2D eigenvalue weighted by Crippen LogP contribution is -2.01. The van der Waals surface area contributed by atoms with E-state index in [9.17, 15) is 0 Å².